The second-order valence-corrected chi connectivity index (χ2v) is 3.38. The highest BCUT2D eigenvalue weighted by atomic mass is 19.1. The van der Waals surface area contributed by atoms with Gasteiger partial charge in [0.25, 0.3) is 0 Å². The summed E-state index contributed by atoms with van der Waals surface area (Å²) in [5.41, 5.74) is -0.175. The highest BCUT2D eigenvalue weighted by Gasteiger charge is 2.14. The number of rotatable bonds is 3. The molecule has 0 radical (unpaired) electrons. The van der Waals surface area contributed by atoms with E-state index in [4.69, 9.17) is 15.1 Å². The van der Waals surface area contributed by atoms with Crippen LogP contribution in [0.1, 0.15) is 16.1 Å². The van der Waals surface area contributed by atoms with Gasteiger partial charge in [-0.25, -0.2) is 14.2 Å². The molecule has 0 spiro atoms. The van der Waals surface area contributed by atoms with E-state index in [-0.39, 0.29) is 23.0 Å². The monoisotopic (exact) mass is 259 g/mol. The molecule has 1 aromatic heterocycles. The zero-order chi connectivity index (χ0) is 13.8. The van der Waals surface area contributed by atoms with Crippen LogP contribution in [0.25, 0.3) is 0 Å². The van der Waals surface area contributed by atoms with Crippen LogP contribution in [-0.4, -0.2) is 21.0 Å². The van der Waals surface area contributed by atoms with Crippen LogP contribution in [-0.2, 0) is 0 Å². The molecule has 2 rings (SSSR count). The van der Waals surface area contributed by atoms with Crippen LogP contribution >= 0.6 is 0 Å². The lowest BCUT2D eigenvalue weighted by Gasteiger charge is -2.06. The molecular formula is C12H6FN3O3. The summed E-state index contributed by atoms with van der Waals surface area (Å²) in [5, 5.41) is 17.6. The lowest BCUT2D eigenvalue weighted by molar-refractivity contribution is 0.0694. The number of hydrogen-bond acceptors (Lipinski definition) is 5. The van der Waals surface area contributed by atoms with Crippen LogP contribution in [0.4, 0.5) is 4.39 Å². The highest BCUT2D eigenvalue weighted by Crippen LogP contribution is 2.24. The Balaban J connectivity index is 2.40. The van der Waals surface area contributed by atoms with Crippen molar-refractivity contribution in [3.63, 3.8) is 0 Å². The lowest BCUT2D eigenvalue weighted by Crippen LogP contribution is -2.02. The van der Waals surface area contributed by atoms with Crippen molar-refractivity contribution in [3.8, 4) is 17.8 Å². The van der Waals surface area contributed by atoms with Gasteiger partial charge in [-0.05, 0) is 18.2 Å². The normalized spacial score (nSPS) is 9.68. The van der Waals surface area contributed by atoms with E-state index in [1.807, 2.05) is 0 Å². The standard InChI is InChI=1S/C12H6FN3O3/c13-7-1-2-9(11(17)18)10(5-7)19-12-15-4-3-8(6-14)16-12/h1-5H,(H,17,18). The summed E-state index contributed by atoms with van der Waals surface area (Å²) in [6, 6.07) is 5.89. The van der Waals surface area contributed by atoms with E-state index >= 15 is 0 Å². The van der Waals surface area contributed by atoms with Crippen molar-refractivity contribution in [2.75, 3.05) is 0 Å². The third-order valence-corrected chi connectivity index (χ3v) is 2.12. The summed E-state index contributed by atoms with van der Waals surface area (Å²) in [6.07, 6.45) is 1.28. The second kappa shape index (κ2) is 5.10. The maximum absolute atomic E-state index is 13.1. The molecule has 0 atom stereocenters. The van der Waals surface area contributed by atoms with Crippen molar-refractivity contribution in [1.82, 2.24) is 9.97 Å². The van der Waals surface area contributed by atoms with Gasteiger partial charge < -0.3 is 9.84 Å². The second-order valence-electron chi connectivity index (χ2n) is 3.38. The van der Waals surface area contributed by atoms with E-state index in [1.54, 1.807) is 6.07 Å². The number of carboxylic acid groups (broad SMARTS) is 1. The van der Waals surface area contributed by atoms with Crippen LogP contribution in [0, 0.1) is 17.1 Å². The van der Waals surface area contributed by atoms with Gasteiger partial charge in [-0.3, -0.25) is 0 Å². The van der Waals surface area contributed by atoms with Gasteiger partial charge in [-0.15, -0.1) is 0 Å². The molecule has 6 nitrogen and oxygen atoms in total. The maximum Gasteiger partial charge on any atom is 0.339 e. The molecule has 0 aliphatic heterocycles. The summed E-state index contributed by atoms with van der Waals surface area (Å²) in [5.74, 6) is -2.16. The number of benzene rings is 1. The van der Waals surface area contributed by atoms with Crippen LogP contribution in [0.2, 0.25) is 0 Å². The molecule has 0 saturated heterocycles. The molecule has 2 aromatic rings. The lowest BCUT2D eigenvalue weighted by atomic mass is 10.2. The zero-order valence-corrected chi connectivity index (χ0v) is 9.37. The van der Waals surface area contributed by atoms with Gasteiger partial charge in [0.1, 0.15) is 28.9 Å². The number of ether oxygens (including phenoxy) is 1. The number of carboxylic acids is 1. The van der Waals surface area contributed by atoms with E-state index in [2.05, 4.69) is 9.97 Å². The minimum Gasteiger partial charge on any atom is -0.478 e. The maximum atomic E-state index is 13.1. The summed E-state index contributed by atoms with van der Waals surface area (Å²) in [7, 11) is 0. The molecule has 0 saturated carbocycles. The van der Waals surface area contributed by atoms with E-state index in [1.165, 1.54) is 12.3 Å². The minimum absolute atomic E-state index is 0.0540. The van der Waals surface area contributed by atoms with E-state index < -0.39 is 11.8 Å². The zero-order valence-electron chi connectivity index (χ0n) is 9.37. The van der Waals surface area contributed by atoms with Gasteiger partial charge in [0.15, 0.2) is 0 Å². The highest BCUT2D eigenvalue weighted by molar-refractivity contribution is 5.90. The number of aromatic carboxylic acids is 1. The molecule has 0 amide bonds. The first-order valence-electron chi connectivity index (χ1n) is 5.04. The fraction of sp³-hybridized carbons (Fsp3) is 0. The summed E-state index contributed by atoms with van der Waals surface area (Å²) in [4.78, 5) is 18.4. The fourth-order valence-electron chi connectivity index (χ4n) is 1.31. The number of nitrogens with zero attached hydrogens (tertiary/aromatic N) is 3. The third-order valence-electron chi connectivity index (χ3n) is 2.12. The third kappa shape index (κ3) is 2.81. The van der Waals surface area contributed by atoms with Crippen molar-refractivity contribution < 1.29 is 19.0 Å². The number of nitriles is 1. The Labute approximate surface area is 106 Å². The quantitative estimate of drug-likeness (QED) is 0.905. The molecular weight excluding hydrogens is 253 g/mol. The van der Waals surface area contributed by atoms with E-state index in [0.717, 1.165) is 18.2 Å². The van der Waals surface area contributed by atoms with Crippen LogP contribution < -0.4 is 4.74 Å². The van der Waals surface area contributed by atoms with Crippen LogP contribution in [0.15, 0.2) is 30.5 Å². The van der Waals surface area contributed by atoms with Gasteiger partial charge in [0.05, 0.1) is 0 Å². The van der Waals surface area contributed by atoms with Gasteiger partial charge in [0.2, 0.25) is 0 Å². The molecule has 19 heavy (non-hydrogen) atoms. The Hall–Kier alpha value is -3.01. The topological polar surface area (TPSA) is 96.1 Å². The number of hydrogen-bond donors (Lipinski definition) is 1. The molecule has 0 unspecified atom stereocenters. The van der Waals surface area contributed by atoms with E-state index in [0.29, 0.717) is 0 Å². The molecule has 1 N–H and O–H groups in total. The molecule has 94 valence electrons. The summed E-state index contributed by atoms with van der Waals surface area (Å²) in [6.45, 7) is 0. The average Bonchev–Trinajstić information content (AvgIpc) is 2.38. The largest absolute Gasteiger partial charge is 0.478 e. The Kier molecular flexibility index (Phi) is 3.34. The van der Waals surface area contributed by atoms with Gasteiger partial charge in [-0.2, -0.15) is 10.2 Å². The molecule has 0 fully saturated rings. The Morgan fingerprint density at radius 1 is 1.42 bits per heavy atom. The van der Waals surface area contributed by atoms with Crippen molar-refractivity contribution in [2.45, 2.75) is 0 Å². The Morgan fingerprint density at radius 2 is 2.21 bits per heavy atom. The Morgan fingerprint density at radius 3 is 2.89 bits per heavy atom. The molecule has 0 bridgehead atoms. The smallest absolute Gasteiger partial charge is 0.339 e. The molecule has 7 heteroatoms. The van der Waals surface area contributed by atoms with Crippen LogP contribution in [0.5, 0.6) is 11.8 Å². The van der Waals surface area contributed by atoms with Gasteiger partial charge in [-0.1, -0.05) is 0 Å². The summed E-state index contributed by atoms with van der Waals surface area (Å²) >= 11 is 0. The summed E-state index contributed by atoms with van der Waals surface area (Å²) < 4.78 is 18.2. The minimum atomic E-state index is -1.27. The Bertz CT molecular complexity index is 682. The molecule has 1 aromatic carbocycles. The SMILES string of the molecule is N#Cc1ccnc(Oc2cc(F)ccc2C(=O)O)n1. The predicted octanol–water partition coefficient (Wildman–Crippen LogP) is 1.98. The molecule has 0 aliphatic rings. The van der Waals surface area contributed by atoms with Crippen molar-refractivity contribution in [2.24, 2.45) is 0 Å². The van der Waals surface area contributed by atoms with E-state index in [9.17, 15) is 9.18 Å². The van der Waals surface area contributed by atoms with Crippen molar-refractivity contribution in [1.29, 1.82) is 5.26 Å². The van der Waals surface area contributed by atoms with Crippen molar-refractivity contribution in [3.05, 3.63) is 47.5 Å². The first-order valence-corrected chi connectivity index (χ1v) is 5.04. The van der Waals surface area contributed by atoms with Gasteiger partial charge >= 0.3 is 12.0 Å². The van der Waals surface area contributed by atoms with Gasteiger partial charge in [0, 0.05) is 12.3 Å². The first kappa shape index (κ1) is 12.4. The first-order chi connectivity index (χ1) is 9.10. The average molecular weight is 259 g/mol. The number of carbonyl (C=O) groups is 1. The molecule has 1 heterocycles. The number of aromatic nitrogens is 2. The predicted molar refractivity (Wildman–Crippen MR) is 60.2 cm³/mol. The molecule has 0 aliphatic carbocycles. The fourth-order valence-corrected chi connectivity index (χ4v) is 1.31. The van der Waals surface area contributed by atoms with Crippen LogP contribution in [0.3, 0.4) is 0 Å². The number of halogens is 1. The van der Waals surface area contributed by atoms with Crippen molar-refractivity contribution >= 4 is 5.97 Å².